The highest BCUT2D eigenvalue weighted by Crippen LogP contribution is 2.49. The van der Waals surface area contributed by atoms with Gasteiger partial charge in [-0.05, 0) is 86.4 Å². The molecule has 2 N–H and O–H groups in total. The number of nitrogens with zero attached hydrogens (tertiary/aromatic N) is 5. The highest BCUT2D eigenvalue weighted by molar-refractivity contribution is 6.31. The van der Waals surface area contributed by atoms with Crippen molar-refractivity contribution in [2.75, 3.05) is 40.7 Å². The van der Waals surface area contributed by atoms with Crippen LogP contribution in [-0.4, -0.2) is 101 Å². The van der Waals surface area contributed by atoms with Gasteiger partial charge in [-0.15, -0.1) is 0 Å². The molecule has 65 heavy (non-hydrogen) atoms. The summed E-state index contributed by atoms with van der Waals surface area (Å²) in [6.07, 6.45) is 9.16. The Balaban J connectivity index is 0.866. The molecule has 16 nitrogen and oxygen atoms in total. The van der Waals surface area contributed by atoms with Crippen molar-refractivity contribution in [1.29, 1.82) is 0 Å². The van der Waals surface area contributed by atoms with Crippen molar-refractivity contribution in [3.8, 4) is 45.8 Å². The first-order valence-electron chi connectivity index (χ1n) is 22.3. The second-order valence-corrected chi connectivity index (χ2v) is 17.6. The van der Waals surface area contributed by atoms with E-state index in [4.69, 9.17) is 45.1 Å². The van der Waals surface area contributed by atoms with Crippen LogP contribution in [0.15, 0.2) is 72.2 Å². The zero-order chi connectivity index (χ0) is 44.6. The Bertz CT molecular complexity index is 2660. The summed E-state index contributed by atoms with van der Waals surface area (Å²) >= 11 is 6.61. The van der Waals surface area contributed by atoms with Gasteiger partial charge in [0, 0.05) is 48.1 Å². The molecule has 1 saturated heterocycles. The summed E-state index contributed by atoms with van der Waals surface area (Å²) in [4.78, 5) is 56.5. The molecule has 338 valence electrons. The van der Waals surface area contributed by atoms with E-state index in [-0.39, 0.29) is 48.7 Å². The molecule has 0 unspecified atom stereocenters. The van der Waals surface area contributed by atoms with Gasteiger partial charge < -0.3 is 43.6 Å². The number of methoxy groups -OCH3 is 2. The molecule has 5 heterocycles. The molecule has 2 aromatic heterocycles. The standard InChI is InChI=1S/C48H50ClN7O9/c1-60-35-14-13-29(22-38(35)61-2)41-31-8-4-5-9-32(31)46(57)56(54-41)30-17-19-55(20-18-30)47(58)34(21-28-7-3-6-10-33(28)49)53-48(59)65-39-23-50-44-42(39)51-25-52-43(44)40-36(62-24-27-11-12-27)15-16-37-45(40)64-26-63-37/h3,6-7,10,13-16,22-23,25,27,30-32,34,50H,4-5,8-9,11-12,17-21,24,26H2,1-2H3,(H,53,59)/t31-,32+,34+/m0/s1. The van der Waals surface area contributed by atoms with E-state index in [1.165, 1.54) is 12.5 Å². The Morgan fingerprint density at radius 1 is 0.908 bits per heavy atom. The van der Waals surface area contributed by atoms with Crippen molar-refractivity contribution in [1.82, 2.24) is 30.2 Å². The number of amides is 3. The number of halogens is 1. The van der Waals surface area contributed by atoms with E-state index in [1.54, 1.807) is 30.2 Å². The van der Waals surface area contributed by atoms with E-state index >= 15 is 0 Å². The zero-order valence-electron chi connectivity index (χ0n) is 36.2. The topological polar surface area (TPSA) is 179 Å². The fourth-order valence-electron chi connectivity index (χ4n) is 9.57. The van der Waals surface area contributed by atoms with Crippen molar-refractivity contribution >= 4 is 46.3 Å². The SMILES string of the molecule is COc1ccc(C2=NN(C3CCN(C(=O)[C@@H](Cc4ccccc4Cl)NC(=O)Oc4c[nH]c5c(-c6c(OCC7CC7)ccc7c6OCO7)ncnc45)CC3)C(=O)[C@@H]3CCCC[C@H]23)cc1OC. The van der Waals surface area contributed by atoms with E-state index in [0.717, 1.165) is 49.8 Å². The van der Waals surface area contributed by atoms with E-state index in [9.17, 15) is 14.4 Å². The Morgan fingerprint density at radius 3 is 2.48 bits per heavy atom. The number of H-pyrrole nitrogens is 1. The van der Waals surface area contributed by atoms with Gasteiger partial charge in [-0.1, -0.05) is 42.6 Å². The van der Waals surface area contributed by atoms with Crippen LogP contribution in [-0.2, 0) is 16.0 Å². The van der Waals surface area contributed by atoms with Gasteiger partial charge >= 0.3 is 6.09 Å². The summed E-state index contributed by atoms with van der Waals surface area (Å²) in [5.41, 5.74) is 4.39. The molecule has 2 saturated carbocycles. The predicted molar refractivity (Wildman–Crippen MR) is 240 cm³/mol. The number of ether oxygens (including phenoxy) is 6. The average Bonchev–Trinajstić information content (AvgIpc) is 3.89. The van der Waals surface area contributed by atoms with Crippen LogP contribution in [0.5, 0.6) is 34.5 Å². The van der Waals surface area contributed by atoms with Gasteiger partial charge in [-0.3, -0.25) is 9.59 Å². The van der Waals surface area contributed by atoms with Gasteiger partial charge in [0.15, 0.2) is 28.7 Å². The summed E-state index contributed by atoms with van der Waals surface area (Å²) in [5.74, 6) is 3.12. The van der Waals surface area contributed by atoms with Gasteiger partial charge in [-0.2, -0.15) is 5.10 Å². The maximum atomic E-state index is 14.5. The number of aromatic nitrogens is 3. The molecule has 3 atom stereocenters. The lowest BCUT2D eigenvalue weighted by Gasteiger charge is -2.43. The largest absolute Gasteiger partial charge is 0.493 e. The van der Waals surface area contributed by atoms with Crippen molar-refractivity contribution in [3.63, 3.8) is 0 Å². The molecule has 3 aromatic carbocycles. The lowest BCUT2D eigenvalue weighted by atomic mass is 9.73. The molecular weight excluding hydrogens is 854 g/mol. The minimum atomic E-state index is -1.03. The van der Waals surface area contributed by atoms with Crippen LogP contribution >= 0.6 is 11.6 Å². The summed E-state index contributed by atoms with van der Waals surface area (Å²) < 4.78 is 34.8. The average molecular weight is 904 g/mol. The number of fused-ring (bicyclic) bond motifs is 3. The van der Waals surface area contributed by atoms with Gasteiger partial charge in [0.1, 0.15) is 29.3 Å². The van der Waals surface area contributed by atoms with Gasteiger partial charge in [0.05, 0.1) is 43.7 Å². The second-order valence-electron chi connectivity index (χ2n) is 17.2. The molecule has 0 radical (unpaired) electrons. The number of aromatic amines is 1. The van der Waals surface area contributed by atoms with Crippen LogP contribution in [0.25, 0.3) is 22.3 Å². The molecule has 2 aliphatic carbocycles. The van der Waals surface area contributed by atoms with E-state index in [0.29, 0.717) is 100 Å². The maximum absolute atomic E-state index is 14.5. The Labute approximate surface area is 380 Å². The number of rotatable bonds is 13. The third-order valence-electron chi connectivity index (χ3n) is 13.2. The molecular formula is C48H50ClN7O9. The van der Waals surface area contributed by atoms with E-state index < -0.39 is 12.1 Å². The number of likely N-dealkylation sites (tertiary alicyclic amines) is 1. The smallest absolute Gasteiger partial charge is 0.413 e. The molecule has 5 aliphatic rings. The number of nitrogens with one attached hydrogen (secondary N) is 2. The van der Waals surface area contributed by atoms with Gasteiger partial charge in [-0.25, -0.2) is 19.8 Å². The third-order valence-corrected chi connectivity index (χ3v) is 13.6. The van der Waals surface area contributed by atoms with Crippen LogP contribution in [0.3, 0.4) is 0 Å². The van der Waals surface area contributed by atoms with Crippen molar-refractivity contribution in [3.05, 3.63) is 83.3 Å². The molecule has 3 amide bonds. The zero-order valence-corrected chi connectivity index (χ0v) is 37.0. The van der Waals surface area contributed by atoms with Crippen LogP contribution in [0.4, 0.5) is 4.79 Å². The minimum absolute atomic E-state index is 0.0145. The fourth-order valence-corrected chi connectivity index (χ4v) is 9.79. The predicted octanol–water partition coefficient (Wildman–Crippen LogP) is 7.56. The summed E-state index contributed by atoms with van der Waals surface area (Å²) in [6.45, 7) is 1.34. The molecule has 10 rings (SSSR count). The van der Waals surface area contributed by atoms with Gasteiger partial charge in [0.25, 0.3) is 0 Å². The van der Waals surface area contributed by atoms with E-state index in [1.807, 2.05) is 48.5 Å². The minimum Gasteiger partial charge on any atom is -0.493 e. The van der Waals surface area contributed by atoms with Crippen LogP contribution in [0.2, 0.25) is 5.02 Å². The molecule has 5 aromatic rings. The molecule has 3 fully saturated rings. The number of carbonyl (C=O) groups is 3. The quantitative estimate of drug-likeness (QED) is 0.119. The number of piperidine rings is 1. The normalized spacial score (nSPS) is 19.9. The second kappa shape index (κ2) is 18.1. The van der Waals surface area contributed by atoms with Crippen molar-refractivity contribution in [2.45, 2.75) is 69.9 Å². The highest BCUT2D eigenvalue weighted by Gasteiger charge is 2.44. The number of hydrogen-bond donors (Lipinski definition) is 2. The third kappa shape index (κ3) is 8.47. The molecule has 0 bridgehead atoms. The lowest BCUT2D eigenvalue weighted by molar-refractivity contribution is -0.143. The number of hydrogen-bond acceptors (Lipinski definition) is 12. The first kappa shape index (κ1) is 42.4. The van der Waals surface area contributed by atoms with Crippen LogP contribution in [0.1, 0.15) is 62.5 Å². The Morgan fingerprint density at radius 2 is 1.69 bits per heavy atom. The van der Waals surface area contributed by atoms with Crippen molar-refractivity contribution < 1.29 is 42.8 Å². The lowest BCUT2D eigenvalue weighted by Crippen LogP contribution is -2.56. The summed E-state index contributed by atoms with van der Waals surface area (Å²) in [5, 5.41) is 10.1. The van der Waals surface area contributed by atoms with Crippen LogP contribution in [0, 0.1) is 17.8 Å². The molecule has 0 spiro atoms. The Hall–Kier alpha value is -6.55. The highest BCUT2D eigenvalue weighted by atomic mass is 35.5. The van der Waals surface area contributed by atoms with Gasteiger partial charge in [0.2, 0.25) is 18.6 Å². The molecule has 17 heteroatoms. The monoisotopic (exact) mass is 903 g/mol. The summed E-state index contributed by atoms with van der Waals surface area (Å²) in [7, 11) is 3.21. The maximum Gasteiger partial charge on any atom is 0.413 e. The van der Waals surface area contributed by atoms with Crippen LogP contribution < -0.4 is 33.7 Å². The number of hydrazone groups is 1. The summed E-state index contributed by atoms with van der Waals surface area (Å²) in [6, 6.07) is 15.4. The molecule has 3 aliphatic heterocycles. The van der Waals surface area contributed by atoms with E-state index in [2.05, 4.69) is 20.3 Å². The Kier molecular flexibility index (Phi) is 11.8. The number of benzene rings is 3. The first-order valence-corrected chi connectivity index (χ1v) is 22.7. The first-order chi connectivity index (χ1) is 31.8. The van der Waals surface area contributed by atoms with Crippen molar-refractivity contribution in [2.24, 2.45) is 22.9 Å². The fraction of sp³-hybridized carbons (Fsp3) is 0.417. The number of carbonyl (C=O) groups excluding carboxylic acids is 3.